The molecule has 0 aromatic heterocycles. The van der Waals surface area contributed by atoms with Gasteiger partial charge in [-0.2, -0.15) is 0 Å². The van der Waals surface area contributed by atoms with Crippen molar-refractivity contribution in [3.63, 3.8) is 0 Å². The van der Waals surface area contributed by atoms with Gasteiger partial charge in [-0.1, -0.05) is 131 Å². The van der Waals surface area contributed by atoms with Crippen LogP contribution in [0.1, 0.15) is 49.9 Å². The van der Waals surface area contributed by atoms with Gasteiger partial charge in [0.2, 0.25) is 0 Å². The third-order valence-electron chi connectivity index (χ3n) is 11.0. The van der Waals surface area contributed by atoms with Gasteiger partial charge in [0.05, 0.1) is 11.4 Å². The second-order valence-electron chi connectivity index (χ2n) is 14.7. The molecule has 0 unspecified atom stereocenters. The third kappa shape index (κ3) is 4.63. The van der Waals surface area contributed by atoms with E-state index in [2.05, 4.69) is 207 Å². The van der Waals surface area contributed by atoms with Crippen molar-refractivity contribution >= 4 is 34.1 Å². The van der Waals surface area contributed by atoms with E-state index in [1.54, 1.807) is 0 Å². The van der Waals surface area contributed by atoms with Crippen LogP contribution in [0.25, 0.3) is 22.3 Å². The lowest BCUT2D eigenvalue weighted by Crippen LogP contribution is -2.31. The van der Waals surface area contributed by atoms with E-state index in [0.29, 0.717) is 0 Å². The van der Waals surface area contributed by atoms with Crippen LogP contribution in [-0.4, -0.2) is 0 Å². The monoisotopic (exact) mass is 644 g/mol. The number of hydrogen-bond acceptors (Lipinski definition) is 2. The number of hydrogen-bond donors (Lipinski definition) is 0. The molecule has 0 bridgehead atoms. The zero-order valence-electron chi connectivity index (χ0n) is 29.1. The topological polar surface area (TPSA) is 6.48 Å². The highest BCUT2D eigenvalue weighted by atomic mass is 15.2. The van der Waals surface area contributed by atoms with E-state index < -0.39 is 0 Å². The summed E-state index contributed by atoms with van der Waals surface area (Å²) in [6, 6.07) is 62.0. The van der Waals surface area contributed by atoms with Crippen molar-refractivity contribution in [1.29, 1.82) is 0 Å². The van der Waals surface area contributed by atoms with E-state index in [9.17, 15) is 0 Å². The highest BCUT2D eigenvalue weighted by Gasteiger charge is 2.42. The number of anilines is 6. The molecule has 7 aromatic carbocycles. The molecule has 0 saturated heterocycles. The van der Waals surface area contributed by atoms with E-state index in [0.717, 1.165) is 17.1 Å². The summed E-state index contributed by atoms with van der Waals surface area (Å²) in [4.78, 5) is 4.79. The maximum Gasteiger partial charge on any atom is 0.0509 e. The Bertz CT molecular complexity index is 2320. The van der Waals surface area contributed by atoms with Gasteiger partial charge >= 0.3 is 0 Å². The average Bonchev–Trinajstić information content (AvgIpc) is 3.38. The van der Waals surface area contributed by atoms with Crippen LogP contribution in [0.15, 0.2) is 170 Å². The summed E-state index contributed by atoms with van der Waals surface area (Å²) in [6.45, 7) is 9.56. The molecular formula is C48H40N2. The number of fused-ring (bicyclic) bond motifs is 5. The fraction of sp³-hybridized carbons (Fsp3) is 0.125. The lowest BCUT2D eigenvalue weighted by atomic mass is 9.70. The molecule has 0 radical (unpaired) electrons. The summed E-state index contributed by atoms with van der Waals surface area (Å²) in [7, 11) is 0. The minimum Gasteiger partial charge on any atom is -0.311 e. The highest BCUT2D eigenvalue weighted by molar-refractivity contribution is 5.93. The van der Waals surface area contributed by atoms with Crippen LogP contribution in [0.5, 0.6) is 0 Å². The van der Waals surface area contributed by atoms with Crippen LogP contribution >= 0.6 is 0 Å². The smallest absolute Gasteiger partial charge is 0.0509 e. The molecule has 242 valence electrons. The van der Waals surface area contributed by atoms with Gasteiger partial charge in [-0.15, -0.1) is 0 Å². The molecule has 50 heavy (non-hydrogen) atoms. The molecule has 0 saturated carbocycles. The van der Waals surface area contributed by atoms with Gasteiger partial charge in [-0.05, 0) is 111 Å². The first-order valence-electron chi connectivity index (χ1n) is 17.6. The van der Waals surface area contributed by atoms with Crippen molar-refractivity contribution in [2.75, 3.05) is 9.80 Å². The molecule has 1 aliphatic heterocycles. The van der Waals surface area contributed by atoms with Crippen molar-refractivity contribution < 1.29 is 0 Å². The zero-order valence-corrected chi connectivity index (χ0v) is 29.1. The minimum absolute atomic E-state index is 0.0636. The third-order valence-corrected chi connectivity index (χ3v) is 11.0. The normalized spacial score (nSPS) is 14.7. The average molecular weight is 645 g/mol. The molecule has 2 heteroatoms. The second-order valence-corrected chi connectivity index (χ2v) is 14.7. The summed E-state index contributed by atoms with van der Waals surface area (Å²) in [5, 5.41) is 0. The Labute approximate surface area is 295 Å². The number of para-hydroxylation sites is 3. The fourth-order valence-electron chi connectivity index (χ4n) is 8.37. The van der Waals surface area contributed by atoms with Crippen molar-refractivity contribution in [3.8, 4) is 22.3 Å². The van der Waals surface area contributed by atoms with Crippen LogP contribution in [-0.2, 0) is 10.8 Å². The molecule has 2 nitrogen and oxygen atoms in total. The first kappa shape index (κ1) is 30.2. The molecule has 0 amide bonds. The molecule has 0 fully saturated rings. The predicted octanol–water partition coefficient (Wildman–Crippen LogP) is 13.2. The maximum absolute atomic E-state index is 2.52. The van der Waals surface area contributed by atoms with E-state index in [1.807, 2.05) is 0 Å². The SMILES string of the molecule is CC1(C)c2ccccc2-c2cc3c(cc21)C(C)(C)c1cc(-c2ccc(N(c4ccccc4)c4ccccc4)cc2)ccc1N3c1ccccc1. The number of nitrogens with zero attached hydrogens (tertiary/aromatic N) is 2. The van der Waals surface area contributed by atoms with Crippen molar-refractivity contribution in [3.05, 3.63) is 192 Å². The van der Waals surface area contributed by atoms with E-state index in [-0.39, 0.29) is 10.8 Å². The van der Waals surface area contributed by atoms with E-state index in [4.69, 9.17) is 0 Å². The first-order valence-corrected chi connectivity index (χ1v) is 17.6. The van der Waals surface area contributed by atoms with Crippen molar-refractivity contribution in [2.45, 2.75) is 38.5 Å². The van der Waals surface area contributed by atoms with Gasteiger partial charge in [0, 0.05) is 33.6 Å². The lowest BCUT2D eigenvalue weighted by Gasteiger charge is -2.43. The Morgan fingerprint density at radius 1 is 0.380 bits per heavy atom. The number of benzene rings is 7. The molecule has 1 heterocycles. The summed E-state index contributed by atoms with van der Waals surface area (Å²) >= 11 is 0. The Kier molecular flexibility index (Phi) is 6.86. The van der Waals surface area contributed by atoms with Crippen LogP contribution in [0.3, 0.4) is 0 Å². The predicted molar refractivity (Wildman–Crippen MR) is 211 cm³/mol. The lowest BCUT2D eigenvalue weighted by molar-refractivity contribution is 0.620. The van der Waals surface area contributed by atoms with Crippen LogP contribution < -0.4 is 9.80 Å². The Morgan fingerprint density at radius 2 is 0.900 bits per heavy atom. The Hall–Kier alpha value is -5.86. The van der Waals surface area contributed by atoms with Crippen molar-refractivity contribution in [2.24, 2.45) is 0 Å². The summed E-state index contributed by atoms with van der Waals surface area (Å²) in [5.41, 5.74) is 17.4. The summed E-state index contributed by atoms with van der Waals surface area (Å²) in [5.74, 6) is 0. The zero-order chi connectivity index (χ0) is 34.0. The van der Waals surface area contributed by atoms with Gasteiger partial charge < -0.3 is 9.80 Å². The molecular weight excluding hydrogens is 605 g/mol. The standard InChI is InChI=1S/C48H40N2/c1-47(2)41-23-15-14-22-39(41)40-31-46-44(32-42(40)47)48(3,4)43-30-34(26-29-45(43)50(46)37-20-12-7-13-21-37)33-24-27-38(28-25-33)49(35-16-8-5-9-17-35)36-18-10-6-11-19-36/h5-32H,1-4H3. The molecule has 0 N–H and O–H groups in total. The summed E-state index contributed by atoms with van der Waals surface area (Å²) < 4.78 is 0. The van der Waals surface area contributed by atoms with Gasteiger partial charge in [0.1, 0.15) is 0 Å². The highest BCUT2D eigenvalue weighted by Crippen LogP contribution is 2.57. The Morgan fingerprint density at radius 3 is 1.56 bits per heavy atom. The largest absolute Gasteiger partial charge is 0.311 e. The van der Waals surface area contributed by atoms with Gasteiger partial charge in [-0.3, -0.25) is 0 Å². The van der Waals surface area contributed by atoms with Crippen LogP contribution in [0, 0.1) is 0 Å². The Balaban J connectivity index is 1.17. The van der Waals surface area contributed by atoms with Gasteiger partial charge in [0.15, 0.2) is 0 Å². The molecule has 9 rings (SSSR count). The minimum atomic E-state index is -0.219. The quantitative estimate of drug-likeness (QED) is 0.184. The fourth-order valence-corrected chi connectivity index (χ4v) is 8.37. The van der Waals surface area contributed by atoms with Gasteiger partial charge in [0.25, 0.3) is 0 Å². The van der Waals surface area contributed by atoms with Crippen LogP contribution in [0.2, 0.25) is 0 Å². The number of rotatable bonds is 5. The van der Waals surface area contributed by atoms with Gasteiger partial charge in [-0.25, -0.2) is 0 Å². The van der Waals surface area contributed by atoms with Crippen molar-refractivity contribution in [1.82, 2.24) is 0 Å². The van der Waals surface area contributed by atoms with Crippen LogP contribution in [0.4, 0.5) is 34.1 Å². The van der Waals surface area contributed by atoms with E-state index in [1.165, 1.54) is 61.6 Å². The maximum atomic E-state index is 2.52. The van der Waals surface area contributed by atoms with E-state index >= 15 is 0 Å². The molecule has 2 aliphatic rings. The molecule has 0 spiro atoms. The molecule has 1 aliphatic carbocycles. The molecule has 7 aromatic rings. The molecule has 0 atom stereocenters. The summed E-state index contributed by atoms with van der Waals surface area (Å²) in [6.07, 6.45) is 0. The first-order chi connectivity index (χ1) is 24.3. The second kappa shape index (κ2) is 11.4.